The maximum atomic E-state index is 9.14. The molecular weight excluding hydrogens is 136 g/mol. The SMILES string of the molecule is CC1C[C@@H](CO)C(C)(C)[C@H]1C. The fourth-order valence-electron chi connectivity index (χ4n) is 2.37. The van der Waals surface area contributed by atoms with Gasteiger partial charge in [-0.1, -0.05) is 27.7 Å². The van der Waals surface area contributed by atoms with Crippen LogP contribution in [-0.2, 0) is 0 Å². The van der Waals surface area contributed by atoms with Gasteiger partial charge in [0.2, 0.25) is 0 Å². The highest BCUT2D eigenvalue weighted by molar-refractivity contribution is 4.92. The van der Waals surface area contributed by atoms with E-state index >= 15 is 0 Å². The Hall–Kier alpha value is -0.0400. The van der Waals surface area contributed by atoms with Gasteiger partial charge in [0.1, 0.15) is 0 Å². The first-order valence-corrected chi connectivity index (χ1v) is 4.61. The van der Waals surface area contributed by atoms with Crippen molar-refractivity contribution in [3.8, 4) is 0 Å². The van der Waals surface area contributed by atoms with Crippen LogP contribution >= 0.6 is 0 Å². The Morgan fingerprint density at radius 1 is 1.36 bits per heavy atom. The third-order valence-electron chi connectivity index (χ3n) is 3.96. The van der Waals surface area contributed by atoms with E-state index in [-0.39, 0.29) is 0 Å². The predicted molar refractivity (Wildman–Crippen MR) is 47.3 cm³/mol. The summed E-state index contributed by atoms with van der Waals surface area (Å²) >= 11 is 0. The van der Waals surface area contributed by atoms with Gasteiger partial charge in [-0.2, -0.15) is 0 Å². The van der Waals surface area contributed by atoms with Crippen LogP contribution in [0.25, 0.3) is 0 Å². The summed E-state index contributed by atoms with van der Waals surface area (Å²) in [4.78, 5) is 0. The first-order valence-electron chi connectivity index (χ1n) is 4.61. The van der Waals surface area contributed by atoms with Crippen LogP contribution in [-0.4, -0.2) is 11.7 Å². The molecule has 0 saturated heterocycles. The summed E-state index contributed by atoms with van der Waals surface area (Å²) in [5, 5.41) is 9.14. The summed E-state index contributed by atoms with van der Waals surface area (Å²) < 4.78 is 0. The first-order chi connectivity index (χ1) is 5.00. The second-order valence-electron chi connectivity index (χ2n) is 4.70. The van der Waals surface area contributed by atoms with E-state index in [0.717, 1.165) is 11.8 Å². The van der Waals surface area contributed by atoms with Gasteiger partial charge in [0.15, 0.2) is 0 Å². The number of hydrogen-bond donors (Lipinski definition) is 1. The summed E-state index contributed by atoms with van der Waals surface area (Å²) in [7, 11) is 0. The molecule has 1 aliphatic rings. The van der Waals surface area contributed by atoms with Crippen molar-refractivity contribution in [1.82, 2.24) is 0 Å². The maximum Gasteiger partial charge on any atom is 0.0464 e. The molecule has 1 N–H and O–H groups in total. The molecule has 3 atom stereocenters. The molecule has 1 rings (SSSR count). The van der Waals surface area contributed by atoms with Crippen LogP contribution in [0, 0.1) is 23.2 Å². The van der Waals surface area contributed by atoms with Gasteiger partial charge in [-0.05, 0) is 29.6 Å². The smallest absolute Gasteiger partial charge is 0.0464 e. The maximum absolute atomic E-state index is 9.14. The fraction of sp³-hybridized carbons (Fsp3) is 1.00. The Labute approximate surface area is 69.8 Å². The van der Waals surface area contributed by atoms with Gasteiger partial charge in [0.25, 0.3) is 0 Å². The molecule has 0 aromatic heterocycles. The first kappa shape index (κ1) is 9.05. The highest BCUT2D eigenvalue weighted by Gasteiger charge is 2.43. The molecule has 0 heterocycles. The summed E-state index contributed by atoms with van der Waals surface area (Å²) in [5.41, 5.74) is 0.341. The zero-order chi connectivity index (χ0) is 8.65. The molecular formula is C10H20O. The number of aliphatic hydroxyl groups is 1. The summed E-state index contributed by atoms with van der Waals surface area (Å²) in [5.74, 6) is 2.05. The van der Waals surface area contributed by atoms with Crippen LogP contribution in [0.5, 0.6) is 0 Å². The number of hydrogen-bond acceptors (Lipinski definition) is 1. The Kier molecular flexibility index (Phi) is 2.29. The molecule has 11 heavy (non-hydrogen) atoms. The number of rotatable bonds is 1. The van der Waals surface area contributed by atoms with Crippen molar-refractivity contribution in [2.75, 3.05) is 6.61 Å². The minimum Gasteiger partial charge on any atom is -0.396 e. The molecule has 1 unspecified atom stereocenters. The van der Waals surface area contributed by atoms with Crippen LogP contribution in [0.1, 0.15) is 34.1 Å². The zero-order valence-electron chi connectivity index (χ0n) is 8.09. The third-order valence-corrected chi connectivity index (χ3v) is 3.96. The van der Waals surface area contributed by atoms with Gasteiger partial charge in [0, 0.05) is 6.61 Å². The predicted octanol–water partition coefficient (Wildman–Crippen LogP) is 2.30. The molecule has 0 radical (unpaired) electrons. The topological polar surface area (TPSA) is 20.2 Å². The van der Waals surface area contributed by atoms with Crippen molar-refractivity contribution < 1.29 is 5.11 Å². The van der Waals surface area contributed by atoms with Gasteiger partial charge in [-0.25, -0.2) is 0 Å². The van der Waals surface area contributed by atoms with E-state index in [9.17, 15) is 0 Å². The van der Waals surface area contributed by atoms with E-state index in [1.807, 2.05) is 0 Å². The van der Waals surface area contributed by atoms with Crippen molar-refractivity contribution in [3.63, 3.8) is 0 Å². The average molecular weight is 156 g/mol. The highest BCUT2D eigenvalue weighted by atomic mass is 16.3. The largest absolute Gasteiger partial charge is 0.396 e. The lowest BCUT2D eigenvalue weighted by Gasteiger charge is -2.30. The standard InChI is InChI=1S/C10H20O/c1-7-5-9(6-11)10(3,4)8(7)2/h7-9,11H,5-6H2,1-4H3/t7?,8-,9-/m0/s1. The van der Waals surface area contributed by atoms with Crippen LogP contribution in [0.3, 0.4) is 0 Å². The van der Waals surface area contributed by atoms with Crippen molar-refractivity contribution in [2.45, 2.75) is 34.1 Å². The Morgan fingerprint density at radius 2 is 1.91 bits per heavy atom. The molecule has 1 fully saturated rings. The summed E-state index contributed by atoms with van der Waals surface area (Å²) in [6.07, 6.45) is 1.20. The van der Waals surface area contributed by atoms with Crippen LogP contribution in [0.4, 0.5) is 0 Å². The molecule has 1 nitrogen and oxygen atoms in total. The second-order valence-corrected chi connectivity index (χ2v) is 4.70. The Morgan fingerprint density at radius 3 is 2.09 bits per heavy atom. The van der Waals surface area contributed by atoms with Crippen molar-refractivity contribution in [2.24, 2.45) is 23.2 Å². The molecule has 66 valence electrons. The van der Waals surface area contributed by atoms with E-state index < -0.39 is 0 Å². The van der Waals surface area contributed by atoms with Crippen LogP contribution in [0.2, 0.25) is 0 Å². The van der Waals surface area contributed by atoms with Crippen molar-refractivity contribution in [3.05, 3.63) is 0 Å². The van der Waals surface area contributed by atoms with Gasteiger partial charge in [0.05, 0.1) is 0 Å². The van der Waals surface area contributed by atoms with E-state index in [2.05, 4.69) is 27.7 Å². The molecule has 1 aliphatic carbocycles. The lowest BCUT2D eigenvalue weighted by molar-refractivity contribution is 0.118. The Bertz CT molecular complexity index is 140. The molecule has 0 aromatic carbocycles. The highest BCUT2D eigenvalue weighted by Crippen LogP contribution is 2.49. The summed E-state index contributed by atoms with van der Waals surface area (Å²) in [6, 6.07) is 0. The van der Waals surface area contributed by atoms with Crippen molar-refractivity contribution >= 4 is 0 Å². The molecule has 0 spiro atoms. The minimum atomic E-state index is 0.341. The fourth-order valence-corrected chi connectivity index (χ4v) is 2.37. The molecule has 0 bridgehead atoms. The lowest BCUT2D eigenvalue weighted by atomic mass is 9.76. The van der Waals surface area contributed by atoms with E-state index in [0.29, 0.717) is 17.9 Å². The van der Waals surface area contributed by atoms with Crippen LogP contribution < -0.4 is 0 Å². The van der Waals surface area contributed by atoms with Gasteiger partial charge in [-0.15, -0.1) is 0 Å². The van der Waals surface area contributed by atoms with E-state index in [1.165, 1.54) is 6.42 Å². The van der Waals surface area contributed by atoms with Gasteiger partial charge in [-0.3, -0.25) is 0 Å². The minimum absolute atomic E-state index is 0.341. The quantitative estimate of drug-likeness (QED) is 0.617. The van der Waals surface area contributed by atoms with Gasteiger partial charge >= 0.3 is 0 Å². The molecule has 0 amide bonds. The van der Waals surface area contributed by atoms with Crippen molar-refractivity contribution in [1.29, 1.82) is 0 Å². The van der Waals surface area contributed by atoms with E-state index in [1.54, 1.807) is 0 Å². The van der Waals surface area contributed by atoms with Crippen LogP contribution in [0.15, 0.2) is 0 Å². The monoisotopic (exact) mass is 156 g/mol. The summed E-state index contributed by atoms with van der Waals surface area (Å²) in [6.45, 7) is 9.52. The molecule has 0 aromatic rings. The molecule has 1 saturated carbocycles. The number of aliphatic hydroxyl groups excluding tert-OH is 1. The average Bonchev–Trinajstić information content (AvgIpc) is 2.13. The third kappa shape index (κ3) is 1.31. The van der Waals surface area contributed by atoms with E-state index in [4.69, 9.17) is 5.11 Å². The zero-order valence-corrected chi connectivity index (χ0v) is 8.09. The second kappa shape index (κ2) is 2.78. The molecule has 1 heteroatoms. The van der Waals surface area contributed by atoms with Gasteiger partial charge < -0.3 is 5.11 Å². The lowest BCUT2D eigenvalue weighted by Crippen LogP contribution is -2.26. The normalized spacial score (nSPS) is 42.8. The molecule has 0 aliphatic heterocycles. The Balaban J connectivity index is 2.74.